The first kappa shape index (κ1) is 15.4. The highest BCUT2D eigenvalue weighted by Gasteiger charge is 2.13. The molecule has 2 N–H and O–H groups in total. The molecular formula is C17H19F2NO. The first-order valence-electron chi connectivity index (χ1n) is 7.03. The monoisotopic (exact) mass is 291 g/mol. The fraction of sp³-hybridized carbons (Fsp3) is 0.294. The molecule has 0 fully saturated rings. The lowest BCUT2D eigenvalue weighted by Gasteiger charge is -2.15. The fourth-order valence-corrected chi connectivity index (χ4v) is 2.11. The minimum absolute atomic E-state index is 0.0188. The van der Waals surface area contributed by atoms with Crippen LogP contribution in [-0.4, -0.2) is 6.61 Å². The summed E-state index contributed by atoms with van der Waals surface area (Å²) in [6, 6.07) is 11.1. The van der Waals surface area contributed by atoms with E-state index in [9.17, 15) is 8.78 Å². The van der Waals surface area contributed by atoms with Gasteiger partial charge >= 0.3 is 0 Å². The van der Waals surface area contributed by atoms with E-state index < -0.39 is 17.7 Å². The van der Waals surface area contributed by atoms with E-state index in [2.05, 4.69) is 6.92 Å². The molecule has 0 aromatic heterocycles. The van der Waals surface area contributed by atoms with E-state index in [1.54, 1.807) is 0 Å². The first-order valence-corrected chi connectivity index (χ1v) is 7.03. The van der Waals surface area contributed by atoms with Gasteiger partial charge < -0.3 is 10.5 Å². The lowest BCUT2D eigenvalue weighted by Crippen LogP contribution is -2.19. The third kappa shape index (κ3) is 4.02. The summed E-state index contributed by atoms with van der Waals surface area (Å²) in [5.41, 5.74) is 8.12. The molecule has 2 rings (SSSR count). The van der Waals surface area contributed by atoms with Gasteiger partial charge in [-0.3, -0.25) is 0 Å². The summed E-state index contributed by atoms with van der Waals surface area (Å²) in [4.78, 5) is 0. The molecule has 0 saturated heterocycles. The quantitative estimate of drug-likeness (QED) is 0.873. The number of aryl methyl sites for hydroxylation is 1. The normalized spacial score (nSPS) is 12.2. The van der Waals surface area contributed by atoms with Crippen molar-refractivity contribution in [3.8, 4) is 5.75 Å². The largest absolute Gasteiger partial charge is 0.486 e. The molecule has 0 aliphatic rings. The van der Waals surface area contributed by atoms with Crippen LogP contribution in [0, 0.1) is 11.6 Å². The summed E-state index contributed by atoms with van der Waals surface area (Å²) < 4.78 is 32.1. The van der Waals surface area contributed by atoms with Crippen molar-refractivity contribution in [3.05, 3.63) is 65.2 Å². The summed E-state index contributed by atoms with van der Waals surface area (Å²) in [7, 11) is 0. The minimum Gasteiger partial charge on any atom is -0.486 e. The molecule has 4 heteroatoms. The summed E-state index contributed by atoms with van der Waals surface area (Å²) >= 11 is 0. The topological polar surface area (TPSA) is 35.2 Å². The predicted molar refractivity (Wildman–Crippen MR) is 79.2 cm³/mol. The van der Waals surface area contributed by atoms with Gasteiger partial charge in [0.25, 0.3) is 0 Å². The van der Waals surface area contributed by atoms with Crippen LogP contribution in [0.25, 0.3) is 0 Å². The molecule has 21 heavy (non-hydrogen) atoms. The molecule has 2 aromatic carbocycles. The van der Waals surface area contributed by atoms with Gasteiger partial charge in [0.1, 0.15) is 6.61 Å². The van der Waals surface area contributed by atoms with Gasteiger partial charge in [-0.1, -0.05) is 43.7 Å². The Morgan fingerprint density at radius 3 is 2.24 bits per heavy atom. The minimum atomic E-state index is -0.722. The van der Waals surface area contributed by atoms with Crippen molar-refractivity contribution in [2.24, 2.45) is 5.73 Å². The maximum absolute atomic E-state index is 13.4. The Labute approximate surface area is 123 Å². The first-order chi connectivity index (χ1) is 10.1. The van der Waals surface area contributed by atoms with Gasteiger partial charge in [0, 0.05) is 0 Å². The van der Waals surface area contributed by atoms with Gasteiger partial charge in [0.2, 0.25) is 0 Å². The molecule has 0 bridgehead atoms. The van der Waals surface area contributed by atoms with Crippen LogP contribution in [0.3, 0.4) is 0 Å². The molecule has 0 aliphatic heterocycles. The number of benzene rings is 2. The lowest BCUT2D eigenvalue weighted by atomic mass is 10.0. The molecule has 2 aromatic rings. The van der Waals surface area contributed by atoms with Gasteiger partial charge in [-0.2, -0.15) is 0 Å². The zero-order valence-corrected chi connectivity index (χ0v) is 12.0. The Kier molecular flexibility index (Phi) is 5.28. The Hall–Kier alpha value is -1.94. The Morgan fingerprint density at radius 1 is 1.05 bits per heavy atom. The fourth-order valence-electron chi connectivity index (χ4n) is 2.11. The van der Waals surface area contributed by atoms with Crippen molar-refractivity contribution >= 4 is 0 Å². The van der Waals surface area contributed by atoms with Crippen molar-refractivity contribution in [1.29, 1.82) is 0 Å². The Bertz CT molecular complexity index is 564. The zero-order chi connectivity index (χ0) is 15.2. The summed E-state index contributed by atoms with van der Waals surface area (Å²) in [5, 5.41) is 0. The number of hydrogen-bond donors (Lipinski definition) is 1. The van der Waals surface area contributed by atoms with Crippen molar-refractivity contribution in [3.63, 3.8) is 0 Å². The molecular weight excluding hydrogens is 272 g/mol. The smallest absolute Gasteiger partial charge is 0.190 e. The van der Waals surface area contributed by atoms with Gasteiger partial charge in [-0.05, 0) is 29.7 Å². The summed E-state index contributed by atoms with van der Waals surface area (Å²) in [6.07, 6.45) is 2.10. The second-order valence-corrected chi connectivity index (χ2v) is 4.96. The van der Waals surface area contributed by atoms with Crippen LogP contribution in [0.4, 0.5) is 8.78 Å². The van der Waals surface area contributed by atoms with Crippen LogP contribution >= 0.6 is 0 Å². The molecule has 112 valence electrons. The van der Waals surface area contributed by atoms with Crippen LogP contribution in [0.1, 0.15) is 30.5 Å². The van der Waals surface area contributed by atoms with E-state index in [-0.39, 0.29) is 12.4 Å². The van der Waals surface area contributed by atoms with Gasteiger partial charge in [-0.15, -0.1) is 0 Å². The summed E-state index contributed by atoms with van der Waals surface area (Å²) in [6.45, 7) is 2.14. The average Bonchev–Trinajstić information content (AvgIpc) is 2.47. The number of ether oxygens (including phenoxy) is 1. The van der Waals surface area contributed by atoms with E-state index in [0.29, 0.717) is 0 Å². The van der Waals surface area contributed by atoms with E-state index in [1.807, 2.05) is 24.3 Å². The van der Waals surface area contributed by atoms with Crippen molar-refractivity contribution in [1.82, 2.24) is 0 Å². The second-order valence-electron chi connectivity index (χ2n) is 4.96. The van der Waals surface area contributed by atoms with Gasteiger partial charge in [0.05, 0.1) is 6.04 Å². The van der Waals surface area contributed by atoms with Gasteiger partial charge in [-0.25, -0.2) is 8.78 Å². The van der Waals surface area contributed by atoms with E-state index in [1.165, 1.54) is 11.6 Å². The maximum atomic E-state index is 13.4. The maximum Gasteiger partial charge on any atom is 0.190 e. The SMILES string of the molecule is CCCc1ccc(C(N)COc2c(F)cccc2F)cc1. The standard InChI is InChI=1S/C17H19F2NO/c1-2-4-12-7-9-13(10-8-12)16(20)11-21-17-14(18)5-3-6-15(17)19/h3,5-10,16H,2,4,11,20H2,1H3. The number of para-hydroxylation sites is 1. The third-order valence-electron chi connectivity index (χ3n) is 3.27. The van der Waals surface area contributed by atoms with Crippen LogP contribution in [-0.2, 0) is 6.42 Å². The predicted octanol–water partition coefficient (Wildman–Crippen LogP) is 4.00. The highest BCUT2D eigenvalue weighted by Crippen LogP contribution is 2.22. The molecule has 0 saturated carbocycles. The average molecular weight is 291 g/mol. The molecule has 0 aliphatic carbocycles. The molecule has 1 atom stereocenters. The highest BCUT2D eigenvalue weighted by molar-refractivity contribution is 5.27. The van der Waals surface area contributed by atoms with E-state index >= 15 is 0 Å². The van der Waals surface area contributed by atoms with Crippen molar-refractivity contribution < 1.29 is 13.5 Å². The molecule has 0 heterocycles. The van der Waals surface area contributed by atoms with Gasteiger partial charge in [0.15, 0.2) is 17.4 Å². The third-order valence-corrected chi connectivity index (χ3v) is 3.27. The molecule has 2 nitrogen and oxygen atoms in total. The Morgan fingerprint density at radius 2 is 1.67 bits per heavy atom. The Balaban J connectivity index is 1.99. The molecule has 0 amide bonds. The van der Waals surface area contributed by atoms with Crippen LogP contribution in [0.2, 0.25) is 0 Å². The summed E-state index contributed by atoms with van der Waals surface area (Å²) in [5.74, 6) is -1.82. The van der Waals surface area contributed by atoms with Crippen molar-refractivity contribution in [2.45, 2.75) is 25.8 Å². The zero-order valence-electron chi connectivity index (χ0n) is 12.0. The van der Waals surface area contributed by atoms with Crippen LogP contribution in [0.5, 0.6) is 5.75 Å². The molecule has 0 spiro atoms. The number of hydrogen-bond acceptors (Lipinski definition) is 2. The highest BCUT2D eigenvalue weighted by atomic mass is 19.1. The van der Waals surface area contributed by atoms with Crippen LogP contribution in [0.15, 0.2) is 42.5 Å². The van der Waals surface area contributed by atoms with Crippen molar-refractivity contribution in [2.75, 3.05) is 6.61 Å². The van der Waals surface area contributed by atoms with E-state index in [0.717, 1.165) is 30.5 Å². The van der Waals surface area contributed by atoms with E-state index in [4.69, 9.17) is 10.5 Å². The molecule has 1 unspecified atom stereocenters. The second kappa shape index (κ2) is 7.18. The number of rotatable bonds is 6. The lowest BCUT2D eigenvalue weighted by molar-refractivity contribution is 0.263. The van der Waals surface area contributed by atoms with Crippen LogP contribution < -0.4 is 10.5 Å². The molecule has 0 radical (unpaired) electrons. The number of nitrogens with two attached hydrogens (primary N) is 1. The number of halogens is 2.